The van der Waals surface area contributed by atoms with Crippen molar-refractivity contribution in [2.24, 2.45) is 7.05 Å². The SMILES string of the molecule is CCOC(=O)c1c(C)c(C(=O)CN(C2CCCCC2)S(=O)(=O)c2ccc(F)cc2)c(C)n1C. The zero-order valence-electron chi connectivity index (χ0n) is 19.6. The monoisotopic (exact) mass is 478 g/mol. The second-order valence-corrected chi connectivity index (χ2v) is 10.3. The lowest BCUT2D eigenvalue weighted by atomic mass is 9.95. The van der Waals surface area contributed by atoms with Crippen LogP contribution in [-0.2, 0) is 21.8 Å². The summed E-state index contributed by atoms with van der Waals surface area (Å²) in [6.45, 7) is 4.96. The fraction of sp³-hybridized carbons (Fsp3) is 0.500. The van der Waals surface area contributed by atoms with Crippen LogP contribution in [0, 0.1) is 19.7 Å². The summed E-state index contributed by atoms with van der Waals surface area (Å²) < 4.78 is 48.4. The van der Waals surface area contributed by atoms with Crippen molar-refractivity contribution in [1.82, 2.24) is 8.87 Å². The second-order valence-electron chi connectivity index (χ2n) is 8.43. The number of carbonyl (C=O) groups is 2. The van der Waals surface area contributed by atoms with Crippen molar-refractivity contribution in [2.45, 2.75) is 63.8 Å². The Hall–Kier alpha value is -2.52. The Labute approximate surface area is 194 Å². The van der Waals surface area contributed by atoms with Crippen LogP contribution < -0.4 is 0 Å². The van der Waals surface area contributed by atoms with Crippen LogP contribution in [0.25, 0.3) is 0 Å². The van der Waals surface area contributed by atoms with E-state index in [2.05, 4.69) is 0 Å². The Morgan fingerprint density at radius 1 is 1.12 bits per heavy atom. The minimum Gasteiger partial charge on any atom is -0.461 e. The molecule has 0 radical (unpaired) electrons. The normalized spacial score (nSPS) is 15.1. The molecule has 180 valence electrons. The number of ether oxygens (including phenoxy) is 1. The number of Topliss-reactive ketones (excluding diaryl/α,β-unsaturated/α-hetero) is 1. The van der Waals surface area contributed by atoms with Gasteiger partial charge in [-0.05, 0) is 63.4 Å². The Morgan fingerprint density at radius 3 is 2.30 bits per heavy atom. The van der Waals surface area contributed by atoms with Gasteiger partial charge in [0.15, 0.2) is 5.78 Å². The standard InChI is InChI=1S/C24H31FN2O5S/c1-5-32-24(29)23-16(2)22(17(3)26(23)4)21(28)15-27(19-9-7-6-8-10-19)33(30,31)20-13-11-18(25)12-14-20/h11-14,19H,5-10,15H2,1-4H3. The summed E-state index contributed by atoms with van der Waals surface area (Å²) in [5.41, 5.74) is 1.66. The smallest absolute Gasteiger partial charge is 0.355 e. The van der Waals surface area contributed by atoms with E-state index in [1.54, 1.807) is 32.4 Å². The van der Waals surface area contributed by atoms with E-state index in [1.807, 2.05) is 0 Å². The topological polar surface area (TPSA) is 85.7 Å². The molecular weight excluding hydrogens is 447 g/mol. The summed E-state index contributed by atoms with van der Waals surface area (Å²) in [4.78, 5) is 25.9. The molecule has 33 heavy (non-hydrogen) atoms. The van der Waals surface area contributed by atoms with E-state index in [0.29, 0.717) is 29.7 Å². The predicted molar refractivity (Wildman–Crippen MR) is 122 cm³/mol. The van der Waals surface area contributed by atoms with Gasteiger partial charge in [0.25, 0.3) is 0 Å². The maximum Gasteiger partial charge on any atom is 0.355 e. The molecule has 0 atom stereocenters. The van der Waals surface area contributed by atoms with Crippen LogP contribution in [-0.4, -0.2) is 48.2 Å². The molecule has 3 rings (SSSR count). The molecule has 1 aliphatic rings. The van der Waals surface area contributed by atoms with Gasteiger partial charge in [-0.2, -0.15) is 4.31 Å². The van der Waals surface area contributed by atoms with Crippen LogP contribution >= 0.6 is 0 Å². The quantitative estimate of drug-likeness (QED) is 0.420. The Kier molecular flexibility index (Phi) is 7.74. The Bertz CT molecular complexity index is 1130. The summed E-state index contributed by atoms with van der Waals surface area (Å²) in [6, 6.07) is 4.34. The second kappa shape index (κ2) is 10.2. The highest BCUT2D eigenvalue weighted by molar-refractivity contribution is 7.89. The average molecular weight is 479 g/mol. The highest BCUT2D eigenvalue weighted by Crippen LogP contribution is 2.30. The summed E-state index contributed by atoms with van der Waals surface area (Å²) in [5, 5.41) is 0. The Balaban J connectivity index is 2.00. The fourth-order valence-electron chi connectivity index (χ4n) is 4.62. The van der Waals surface area contributed by atoms with Crippen molar-refractivity contribution in [3.8, 4) is 0 Å². The van der Waals surface area contributed by atoms with E-state index < -0.39 is 21.8 Å². The minimum atomic E-state index is -4.03. The molecule has 0 bridgehead atoms. The molecule has 0 amide bonds. The van der Waals surface area contributed by atoms with Gasteiger partial charge in [-0.15, -0.1) is 0 Å². The number of carbonyl (C=O) groups excluding carboxylic acids is 2. The van der Waals surface area contributed by atoms with Gasteiger partial charge in [-0.25, -0.2) is 17.6 Å². The molecular formula is C24H31FN2O5S. The first-order chi connectivity index (χ1) is 15.6. The number of hydrogen-bond acceptors (Lipinski definition) is 5. The van der Waals surface area contributed by atoms with Crippen molar-refractivity contribution in [3.63, 3.8) is 0 Å². The van der Waals surface area contributed by atoms with E-state index in [-0.39, 0.29) is 35.6 Å². The maximum atomic E-state index is 13.5. The molecule has 1 heterocycles. The molecule has 0 spiro atoms. The van der Waals surface area contributed by atoms with Gasteiger partial charge in [0.2, 0.25) is 10.0 Å². The van der Waals surface area contributed by atoms with E-state index in [9.17, 15) is 22.4 Å². The third-order valence-corrected chi connectivity index (χ3v) is 8.29. The first-order valence-electron chi connectivity index (χ1n) is 11.2. The van der Waals surface area contributed by atoms with Crippen molar-refractivity contribution in [3.05, 3.63) is 52.6 Å². The zero-order chi connectivity index (χ0) is 24.3. The van der Waals surface area contributed by atoms with Crippen LogP contribution in [0.1, 0.15) is 71.1 Å². The number of aromatic nitrogens is 1. The molecule has 1 aliphatic carbocycles. The minimum absolute atomic E-state index is 0.0454. The fourth-order valence-corrected chi connectivity index (χ4v) is 6.26. The van der Waals surface area contributed by atoms with Crippen LogP contribution in [0.5, 0.6) is 0 Å². The lowest BCUT2D eigenvalue weighted by Crippen LogP contribution is -2.44. The molecule has 2 aromatic rings. The van der Waals surface area contributed by atoms with Gasteiger partial charge in [-0.1, -0.05) is 19.3 Å². The summed E-state index contributed by atoms with van der Waals surface area (Å²) in [6.07, 6.45) is 4.10. The lowest BCUT2D eigenvalue weighted by molar-refractivity contribution is 0.0514. The average Bonchev–Trinajstić information content (AvgIpc) is 3.01. The van der Waals surface area contributed by atoms with Gasteiger partial charge in [0.05, 0.1) is 18.0 Å². The number of esters is 1. The lowest BCUT2D eigenvalue weighted by Gasteiger charge is -2.33. The van der Waals surface area contributed by atoms with Gasteiger partial charge in [0.1, 0.15) is 11.5 Å². The molecule has 0 N–H and O–H groups in total. The molecule has 7 nitrogen and oxygen atoms in total. The predicted octanol–water partition coefficient (Wildman–Crippen LogP) is 4.16. The Morgan fingerprint density at radius 2 is 1.73 bits per heavy atom. The van der Waals surface area contributed by atoms with Crippen molar-refractivity contribution in [1.29, 1.82) is 0 Å². The van der Waals surface area contributed by atoms with E-state index in [0.717, 1.165) is 31.4 Å². The molecule has 9 heteroatoms. The van der Waals surface area contributed by atoms with E-state index in [1.165, 1.54) is 16.4 Å². The number of benzene rings is 1. The van der Waals surface area contributed by atoms with Crippen molar-refractivity contribution >= 4 is 21.8 Å². The molecule has 1 aromatic carbocycles. The number of ketones is 1. The van der Waals surface area contributed by atoms with Gasteiger partial charge in [0, 0.05) is 24.3 Å². The first kappa shape index (κ1) is 25.1. The molecule has 1 aromatic heterocycles. The van der Waals surface area contributed by atoms with E-state index >= 15 is 0 Å². The van der Waals surface area contributed by atoms with Crippen molar-refractivity contribution in [2.75, 3.05) is 13.2 Å². The molecule has 0 saturated heterocycles. The number of sulfonamides is 1. The number of hydrogen-bond donors (Lipinski definition) is 0. The van der Waals surface area contributed by atoms with E-state index in [4.69, 9.17) is 4.74 Å². The van der Waals surface area contributed by atoms with Gasteiger partial charge in [-0.3, -0.25) is 4.79 Å². The summed E-state index contributed by atoms with van der Waals surface area (Å²) in [5.74, 6) is -1.44. The number of nitrogens with zero attached hydrogens (tertiary/aromatic N) is 2. The highest BCUT2D eigenvalue weighted by Gasteiger charge is 2.36. The number of rotatable bonds is 8. The third kappa shape index (κ3) is 5.04. The molecule has 1 fully saturated rings. The van der Waals surface area contributed by atoms with Crippen LogP contribution in [0.3, 0.4) is 0 Å². The van der Waals surface area contributed by atoms with Crippen LogP contribution in [0.15, 0.2) is 29.2 Å². The largest absolute Gasteiger partial charge is 0.461 e. The molecule has 1 saturated carbocycles. The highest BCUT2D eigenvalue weighted by atomic mass is 32.2. The molecule has 0 aliphatic heterocycles. The summed E-state index contributed by atoms with van der Waals surface area (Å²) >= 11 is 0. The number of halogens is 1. The maximum absolute atomic E-state index is 13.5. The van der Waals surface area contributed by atoms with Crippen molar-refractivity contribution < 1.29 is 27.1 Å². The zero-order valence-corrected chi connectivity index (χ0v) is 20.4. The van der Waals surface area contributed by atoms with Gasteiger partial charge >= 0.3 is 5.97 Å². The first-order valence-corrected chi connectivity index (χ1v) is 12.7. The summed E-state index contributed by atoms with van der Waals surface area (Å²) in [7, 11) is -2.35. The van der Waals surface area contributed by atoms with Crippen LogP contribution in [0.4, 0.5) is 4.39 Å². The van der Waals surface area contributed by atoms with Crippen LogP contribution in [0.2, 0.25) is 0 Å². The third-order valence-electron chi connectivity index (χ3n) is 6.38. The van der Waals surface area contributed by atoms with Gasteiger partial charge < -0.3 is 9.30 Å². The molecule has 0 unspecified atom stereocenters.